The van der Waals surface area contributed by atoms with Crippen LogP contribution in [-0.4, -0.2) is 33.3 Å². The first-order valence-electron chi connectivity index (χ1n) is 5.35. The lowest BCUT2D eigenvalue weighted by atomic mass is 10.2. The largest absolute Gasteiger partial charge is 0.313 e. The molecular weight excluding hydrogens is 236 g/mol. The summed E-state index contributed by atoms with van der Waals surface area (Å²) in [6.45, 7) is 2.89. The first-order valence-corrected chi connectivity index (χ1v) is 7.00. The van der Waals surface area contributed by atoms with E-state index >= 15 is 0 Å². The molecule has 15 heavy (non-hydrogen) atoms. The van der Waals surface area contributed by atoms with Crippen LogP contribution in [0.15, 0.2) is 0 Å². The van der Waals surface area contributed by atoms with Gasteiger partial charge in [0.1, 0.15) is 0 Å². The molecule has 1 rings (SSSR count). The van der Waals surface area contributed by atoms with Crippen LogP contribution < -0.4 is 10.0 Å². The molecule has 6 heteroatoms. The van der Waals surface area contributed by atoms with Gasteiger partial charge in [0.25, 0.3) is 0 Å². The third-order valence-electron chi connectivity index (χ3n) is 2.62. The molecule has 0 amide bonds. The Kier molecular flexibility index (Phi) is 7.52. The van der Waals surface area contributed by atoms with Crippen LogP contribution in [0.4, 0.5) is 0 Å². The minimum absolute atomic E-state index is 0. The summed E-state index contributed by atoms with van der Waals surface area (Å²) in [4.78, 5) is 0. The lowest BCUT2D eigenvalue weighted by Gasteiger charge is -2.11. The third kappa shape index (κ3) is 6.35. The van der Waals surface area contributed by atoms with Crippen molar-refractivity contribution in [3.8, 4) is 0 Å². The van der Waals surface area contributed by atoms with E-state index in [-0.39, 0.29) is 18.2 Å². The number of hydrogen-bond donors (Lipinski definition) is 2. The van der Waals surface area contributed by atoms with E-state index < -0.39 is 10.0 Å². The average Bonchev–Trinajstić information content (AvgIpc) is 2.65. The van der Waals surface area contributed by atoms with Crippen LogP contribution in [-0.2, 0) is 10.0 Å². The van der Waals surface area contributed by atoms with E-state index in [4.69, 9.17) is 0 Å². The highest BCUT2D eigenvalue weighted by Gasteiger charge is 2.13. The zero-order chi connectivity index (χ0) is 10.4. The Balaban J connectivity index is 0.00000196. The van der Waals surface area contributed by atoms with Gasteiger partial charge in [-0.3, -0.25) is 0 Å². The van der Waals surface area contributed by atoms with Crippen molar-refractivity contribution >= 4 is 22.4 Å². The highest BCUT2D eigenvalue weighted by molar-refractivity contribution is 7.89. The molecule has 0 heterocycles. The molecule has 0 unspecified atom stereocenters. The van der Waals surface area contributed by atoms with Crippen LogP contribution >= 0.6 is 12.4 Å². The molecule has 0 bridgehead atoms. The van der Waals surface area contributed by atoms with Crippen LogP contribution in [0.25, 0.3) is 0 Å². The summed E-state index contributed by atoms with van der Waals surface area (Å²) in [5.74, 6) is 0.163. The summed E-state index contributed by atoms with van der Waals surface area (Å²) in [6.07, 6.45) is 5.08. The topological polar surface area (TPSA) is 58.2 Å². The molecule has 0 saturated heterocycles. The molecule has 92 valence electrons. The smallest absolute Gasteiger partial charge is 0.211 e. The Morgan fingerprint density at radius 2 is 1.80 bits per heavy atom. The maximum absolute atomic E-state index is 11.1. The van der Waals surface area contributed by atoms with Gasteiger partial charge in [0.2, 0.25) is 10.0 Å². The first-order chi connectivity index (χ1) is 6.64. The molecule has 2 N–H and O–H groups in total. The summed E-state index contributed by atoms with van der Waals surface area (Å²) in [7, 11) is -3.01. The van der Waals surface area contributed by atoms with Crippen molar-refractivity contribution in [2.75, 3.05) is 18.8 Å². The molecule has 1 aliphatic rings. The number of nitrogens with one attached hydrogen (secondary N) is 2. The van der Waals surface area contributed by atoms with Crippen molar-refractivity contribution in [2.45, 2.75) is 38.6 Å². The van der Waals surface area contributed by atoms with Gasteiger partial charge in [-0.05, 0) is 19.8 Å². The van der Waals surface area contributed by atoms with Crippen molar-refractivity contribution < 1.29 is 8.42 Å². The normalized spacial score (nSPS) is 17.7. The second-order valence-corrected chi connectivity index (χ2v) is 5.83. The fourth-order valence-electron chi connectivity index (χ4n) is 1.71. The van der Waals surface area contributed by atoms with Crippen LogP contribution in [0.1, 0.15) is 32.6 Å². The zero-order valence-corrected chi connectivity index (χ0v) is 10.8. The average molecular weight is 257 g/mol. The van der Waals surface area contributed by atoms with E-state index in [9.17, 15) is 8.42 Å². The Morgan fingerprint density at radius 1 is 1.20 bits per heavy atom. The number of halogens is 1. The van der Waals surface area contributed by atoms with E-state index in [0.717, 1.165) is 6.54 Å². The summed E-state index contributed by atoms with van der Waals surface area (Å²) in [5.41, 5.74) is 0. The van der Waals surface area contributed by atoms with Crippen LogP contribution in [0, 0.1) is 0 Å². The van der Waals surface area contributed by atoms with Gasteiger partial charge in [-0.15, -0.1) is 12.4 Å². The Hall–Kier alpha value is 0.160. The lowest BCUT2D eigenvalue weighted by Crippen LogP contribution is -2.36. The number of hydrogen-bond acceptors (Lipinski definition) is 3. The standard InChI is InChI=1S/C9H20N2O2S.ClH/c1-2-14(12,13)11-8-7-10-9-5-3-4-6-9;/h9-11H,2-8H2,1H3;1H. The van der Waals surface area contributed by atoms with Gasteiger partial charge < -0.3 is 5.32 Å². The van der Waals surface area contributed by atoms with Crippen molar-refractivity contribution in [3.05, 3.63) is 0 Å². The Morgan fingerprint density at radius 3 is 2.33 bits per heavy atom. The van der Waals surface area contributed by atoms with Crippen molar-refractivity contribution in [2.24, 2.45) is 0 Å². The molecule has 0 aromatic rings. The highest BCUT2D eigenvalue weighted by Crippen LogP contribution is 2.16. The van der Waals surface area contributed by atoms with E-state index in [1.54, 1.807) is 6.92 Å². The van der Waals surface area contributed by atoms with Gasteiger partial charge in [0.05, 0.1) is 5.75 Å². The van der Waals surface area contributed by atoms with Gasteiger partial charge in [0, 0.05) is 19.1 Å². The van der Waals surface area contributed by atoms with Gasteiger partial charge in [0.15, 0.2) is 0 Å². The lowest BCUT2D eigenvalue weighted by molar-refractivity contribution is 0.520. The molecule has 0 spiro atoms. The molecule has 1 fully saturated rings. The maximum Gasteiger partial charge on any atom is 0.211 e. The third-order valence-corrected chi connectivity index (χ3v) is 4.02. The van der Waals surface area contributed by atoms with Crippen molar-refractivity contribution in [1.29, 1.82) is 0 Å². The Bertz CT molecular complexity index is 251. The van der Waals surface area contributed by atoms with Crippen LogP contribution in [0.5, 0.6) is 0 Å². The SMILES string of the molecule is CCS(=O)(=O)NCCNC1CCCC1.Cl. The van der Waals surface area contributed by atoms with Crippen molar-refractivity contribution in [3.63, 3.8) is 0 Å². The number of rotatable bonds is 6. The fourth-order valence-corrected chi connectivity index (χ4v) is 2.33. The molecule has 0 radical (unpaired) electrons. The zero-order valence-electron chi connectivity index (χ0n) is 9.16. The quantitative estimate of drug-likeness (QED) is 0.694. The summed E-state index contributed by atoms with van der Waals surface area (Å²) in [5, 5.41) is 3.35. The fraction of sp³-hybridized carbons (Fsp3) is 1.00. The van der Waals surface area contributed by atoms with Crippen LogP contribution in [0.2, 0.25) is 0 Å². The molecule has 1 aliphatic carbocycles. The first kappa shape index (κ1) is 15.2. The molecule has 0 aromatic heterocycles. The minimum atomic E-state index is -3.01. The van der Waals surface area contributed by atoms with E-state index in [1.165, 1.54) is 25.7 Å². The van der Waals surface area contributed by atoms with Gasteiger partial charge in [-0.1, -0.05) is 12.8 Å². The predicted molar refractivity (Wildman–Crippen MR) is 65.0 cm³/mol. The maximum atomic E-state index is 11.1. The van der Waals surface area contributed by atoms with Gasteiger partial charge >= 0.3 is 0 Å². The molecule has 0 aliphatic heterocycles. The molecular formula is C9H21ClN2O2S. The minimum Gasteiger partial charge on any atom is -0.313 e. The molecule has 0 aromatic carbocycles. The molecule has 1 saturated carbocycles. The number of sulfonamides is 1. The molecule has 4 nitrogen and oxygen atoms in total. The van der Waals surface area contributed by atoms with E-state index in [1.807, 2.05) is 0 Å². The summed E-state index contributed by atoms with van der Waals surface area (Å²) in [6, 6.07) is 0.612. The summed E-state index contributed by atoms with van der Waals surface area (Å²) >= 11 is 0. The molecule has 0 atom stereocenters. The predicted octanol–water partition coefficient (Wildman–Crippen LogP) is 0.880. The van der Waals surface area contributed by atoms with Gasteiger partial charge in [-0.2, -0.15) is 0 Å². The summed E-state index contributed by atoms with van der Waals surface area (Å²) < 4.78 is 24.7. The highest BCUT2D eigenvalue weighted by atomic mass is 35.5. The monoisotopic (exact) mass is 256 g/mol. The van der Waals surface area contributed by atoms with E-state index in [0.29, 0.717) is 12.6 Å². The van der Waals surface area contributed by atoms with E-state index in [2.05, 4.69) is 10.0 Å². The second kappa shape index (κ2) is 7.44. The second-order valence-electron chi connectivity index (χ2n) is 3.73. The van der Waals surface area contributed by atoms with Crippen molar-refractivity contribution in [1.82, 2.24) is 10.0 Å². The van der Waals surface area contributed by atoms with Gasteiger partial charge in [-0.25, -0.2) is 13.1 Å². The Labute approximate surface area is 98.7 Å². The van der Waals surface area contributed by atoms with Crippen LogP contribution in [0.3, 0.4) is 0 Å².